The van der Waals surface area contributed by atoms with E-state index in [0.29, 0.717) is 0 Å². The Morgan fingerprint density at radius 3 is 3.00 bits per heavy atom. The molecule has 1 N–H and O–H groups in total. The Morgan fingerprint density at radius 2 is 2.57 bits per heavy atom. The first kappa shape index (κ1) is 1.47. The van der Waals surface area contributed by atoms with E-state index in [1.54, 1.807) is 0 Å². The van der Waals surface area contributed by atoms with Crippen molar-refractivity contribution in [1.29, 1.82) is 0 Å². The Hall–Kier alpha value is -0.0400. The Balaban J connectivity index is 4.87. The lowest BCUT2D eigenvalue weighted by Gasteiger charge is -1.98. The first-order chi connectivity index (χ1) is 6.06. The van der Waals surface area contributed by atoms with Crippen LogP contribution in [0.15, 0.2) is 0 Å². The molecular formula is C6H14O. The van der Waals surface area contributed by atoms with Gasteiger partial charge in [0, 0.05) is 16.2 Å². The van der Waals surface area contributed by atoms with Gasteiger partial charge in [-0.05, 0) is 18.7 Å². The van der Waals surface area contributed by atoms with Crippen LogP contribution in [0.5, 0.6) is 0 Å². The van der Waals surface area contributed by atoms with Crippen molar-refractivity contribution in [2.45, 2.75) is 26.5 Å². The zero-order valence-corrected chi connectivity index (χ0v) is 4.07. The Kier molecular flexibility index (Phi) is 0.868. The summed E-state index contributed by atoms with van der Waals surface area (Å²) in [6.07, 6.45) is -0.364. The lowest BCUT2D eigenvalue weighted by Crippen LogP contribution is -1.89. The first-order valence-electron chi connectivity index (χ1n) is 5.67. The molecule has 0 aromatic carbocycles. The van der Waals surface area contributed by atoms with E-state index < -0.39 is 19.6 Å². The van der Waals surface area contributed by atoms with Crippen LogP contribution in [0.2, 0.25) is 0 Å². The number of hydrogen-bond donors (Lipinski definition) is 1. The van der Waals surface area contributed by atoms with Crippen LogP contribution in [0.25, 0.3) is 0 Å². The maximum absolute atomic E-state index is 8.51. The zero-order chi connectivity index (χ0) is 11.6. The maximum atomic E-state index is 8.51. The van der Waals surface area contributed by atoms with Gasteiger partial charge in [-0.15, -0.1) is 0 Å². The molecule has 0 aliphatic heterocycles. The molecule has 0 rings (SSSR count). The highest BCUT2D eigenvalue weighted by Crippen LogP contribution is 2.00. The second kappa shape index (κ2) is 4.13. The average molecular weight is 109 g/mol. The Labute approximate surface area is 55.2 Å². The van der Waals surface area contributed by atoms with Crippen molar-refractivity contribution in [3.05, 3.63) is 0 Å². The minimum atomic E-state index is -2.87. The number of hydrogen-bond acceptors (Lipinski definition) is 1. The Bertz CT molecular complexity index is 168. The van der Waals surface area contributed by atoms with Crippen LogP contribution in [0, 0.1) is 5.89 Å². The van der Waals surface area contributed by atoms with Crippen LogP contribution in [-0.4, -0.2) is 11.7 Å². The number of rotatable bonds is 3. The quantitative estimate of drug-likeness (QED) is 0.581. The maximum Gasteiger partial charge on any atom is 0.0431 e. The van der Waals surface area contributed by atoms with Crippen LogP contribution >= 0.6 is 0 Å². The highest BCUT2D eigenvalue weighted by molar-refractivity contribution is 4.42. The fourth-order valence-corrected chi connectivity index (χ4v) is 0.256. The minimum absolute atomic E-state index is 0.000278. The predicted molar refractivity (Wildman–Crippen MR) is 31.2 cm³/mol. The lowest BCUT2D eigenvalue weighted by atomic mass is 10.1. The van der Waals surface area contributed by atoms with Crippen LogP contribution in [0.4, 0.5) is 0 Å². The molecular weight excluding hydrogens is 88.1 g/mol. The van der Waals surface area contributed by atoms with E-state index in [2.05, 4.69) is 0 Å². The SMILES string of the molecule is [2H]C([2H])([2H])C([2H])(CCCO)C([2H])([2H])[2H]. The molecule has 0 spiro atoms. The van der Waals surface area contributed by atoms with Crippen molar-refractivity contribution in [2.24, 2.45) is 5.89 Å². The summed E-state index contributed by atoms with van der Waals surface area (Å²) in [4.78, 5) is 0. The Morgan fingerprint density at radius 1 is 1.86 bits per heavy atom. The van der Waals surface area contributed by atoms with Gasteiger partial charge < -0.3 is 5.11 Å². The summed E-state index contributed by atoms with van der Waals surface area (Å²) in [5.41, 5.74) is 0. The molecule has 0 fully saturated rings. The van der Waals surface area contributed by atoms with Gasteiger partial charge in [-0.3, -0.25) is 0 Å². The standard InChI is InChI=1S/C6H14O/c1-6(2)4-3-5-7/h6-7H,3-5H2,1-2H3/i1D3,2D3,6D. The summed E-state index contributed by atoms with van der Waals surface area (Å²) in [5.74, 6) is -2.48. The largest absolute Gasteiger partial charge is 0.396 e. The van der Waals surface area contributed by atoms with Crippen LogP contribution < -0.4 is 0 Å². The summed E-state index contributed by atoms with van der Waals surface area (Å²) < 4.78 is 49.6. The van der Waals surface area contributed by atoms with E-state index in [1.807, 2.05) is 0 Å². The van der Waals surface area contributed by atoms with E-state index in [1.165, 1.54) is 0 Å². The van der Waals surface area contributed by atoms with Gasteiger partial charge in [0.2, 0.25) is 0 Å². The summed E-state index contributed by atoms with van der Waals surface area (Å²) >= 11 is 0. The molecule has 0 atom stereocenters. The van der Waals surface area contributed by atoms with Crippen LogP contribution in [-0.2, 0) is 0 Å². The van der Waals surface area contributed by atoms with E-state index in [4.69, 9.17) is 14.7 Å². The van der Waals surface area contributed by atoms with E-state index in [9.17, 15) is 0 Å². The van der Waals surface area contributed by atoms with Gasteiger partial charge in [0.1, 0.15) is 0 Å². The average Bonchev–Trinajstić information content (AvgIpc) is 1.95. The summed E-state index contributed by atoms with van der Waals surface area (Å²) in [6, 6.07) is 0. The number of aliphatic hydroxyl groups is 1. The van der Waals surface area contributed by atoms with Gasteiger partial charge in [-0.25, -0.2) is 0 Å². The minimum Gasteiger partial charge on any atom is -0.396 e. The fraction of sp³-hybridized carbons (Fsp3) is 1.00. The summed E-state index contributed by atoms with van der Waals surface area (Å²) in [7, 11) is 0. The van der Waals surface area contributed by atoms with Crippen LogP contribution in [0.1, 0.15) is 36.1 Å². The van der Waals surface area contributed by atoms with E-state index in [0.717, 1.165) is 0 Å². The molecule has 1 heteroatoms. The van der Waals surface area contributed by atoms with Gasteiger partial charge in [0.05, 0.1) is 0 Å². The van der Waals surface area contributed by atoms with Crippen molar-refractivity contribution in [3.63, 3.8) is 0 Å². The van der Waals surface area contributed by atoms with Gasteiger partial charge in [-0.2, -0.15) is 0 Å². The molecule has 0 unspecified atom stereocenters. The molecule has 0 amide bonds. The molecule has 44 valence electrons. The third kappa shape index (κ3) is 5.96. The summed E-state index contributed by atoms with van der Waals surface area (Å²) in [5, 5.41) is 8.51. The predicted octanol–water partition coefficient (Wildman–Crippen LogP) is 1.41. The first-order valence-corrected chi connectivity index (χ1v) is 2.17. The molecule has 0 aliphatic rings. The van der Waals surface area contributed by atoms with Crippen LogP contribution in [0.3, 0.4) is 0 Å². The van der Waals surface area contributed by atoms with Crippen molar-refractivity contribution >= 4 is 0 Å². The van der Waals surface area contributed by atoms with E-state index in [-0.39, 0.29) is 19.4 Å². The molecule has 0 saturated carbocycles. The molecule has 0 aromatic heterocycles. The second-order valence-electron chi connectivity index (χ2n) is 1.31. The molecule has 0 saturated heterocycles. The van der Waals surface area contributed by atoms with Gasteiger partial charge in [-0.1, -0.05) is 13.7 Å². The third-order valence-electron chi connectivity index (χ3n) is 0.585. The molecule has 1 nitrogen and oxygen atoms in total. The van der Waals surface area contributed by atoms with Crippen molar-refractivity contribution in [3.8, 4) is 0 Å². The summed E-state index contributed by atoms with van der Waals surface area (Å²) in [6.45, 7) is -6.05. The molecule has 0 heterocycles. The molecule has 0 radical (unpaired) electrons. The third-order valence-corrected chi connectivity index (χ3v) is 0.585. The smallest absolute Gasteiger partial charge is 0.0431 e. The highest BCUT2D eigenvalue weighted by Gasteiger charge is 1.89. The second-order valence-corrected chi connectivity index (χ2v) is 1.31. The monoisotopic (exact) mass is 109 g/mol. The fourth-order valence-electron chi connectivity index (χ4n) is 0.256. The molecule has 7 heavy (non-hydrogen) atoms. The van der Waals surface area contributed by atoms with Crippen molar-refractivity contribution in [1.82, 2.24) is 0 Å². The van der Waals surface area contributed by atoms with Gasteiger partial charge in [0.25, 0.3) is 0 Å². The lowest BCUT2D eigenvalue weighted by molar-refractivity contribution is 0.276. The zero-order valence-electron chi connectivity index (χ0n) is 11.1. The topological polar surface area (TPSA) is 20.2 Å². The normalized spacial score (nSPS) is 30.1. The van der Waals surface area contributed by atoms with Crippen molar-refractivity contribution < 1.29 is 14.7 Å². The van der Waals surface area contributed by atoms with Gasteiger partial charge >= 0.3 is 0 Å². The van der Waals surface area contributed by atoms with Crippen molar-refractivity contribution in [2.75, 3.05) is 6.61 Å². The molecule has 0 aromatic rings. The number of aliphatic hydroxyl groups excluding tert-OH is 1. The highest BCUT2D eigenvalue weighted by atomic mass is 16.2. The van der Waals surface area contributed by atoms with Gasteiger partial charge in [0.15, 0.2) is 0 Å². The molecule has 0 bridgehead atoms. The molecule has 0 aliphatic carbocycles. The van der Waals surface area contributed by atoms with E-state index >= 15 is 0 Å².